The van der Waals surface area contributed by atoms with Crippen molar-refractivity contribution in [3.05, 3.63) is 35.6 Å². The van der Waals surface area contributed by atoms with Gasteiger partial charge in [0, 0.05) is 25.7 Å². The molecule has 3 heterocycles. The Morgan fingerprint density at radius 2 is 1.92 bits per heavy atom. The highest BCUT2D eigenvalue weighted by Gasteiger charge is 2.37. The van der Waals surface area contributed by atoms with Gasteiger partial charge in [-0.25, -0.2) is 4.39 Å². The van der Waals surface area contributed by atoms with Crippen LogP contribution in [-0.4, -0.2) is 67.1 Å². The molecular formula is C19H27FN4O2. The number of hydrogen-bond acceptors (Lipinski definition) is 5. The fourth-order valence-corrected chi connectivity index (χ4v) is 4.28. The van der Waals surface area contributed by atoms with Crippen LogP contribution in [0.3, 0.4) is 0 Å². The molecule has 0 saturated carbocycles. The number of morpholine rings is 1. The fourth-order valence-electron chi connectivity index (χ4n) is 4.28. The van der Waals surface area contributed by atoms with Crippen LogP contribution in [0.4, 0.5) is 4.39 Å². The van der Waals surface area contributed by atoms with E-state index in [1.54, 1.807) is 0 Å². The highest BCUT2D eigenvalue weighted by molar-refractivity contribution is 5.77. The molecule has 4 rings (SSSR count). The number of hydrogen-bond donors (Lipinski definition) is 2. The molecule has 3 aliphatic rings. The molecule has 142 valence electrons. The van der Waals surface area contributed by atoms with Gasteiger partial charge in [0.05, 0.1) is 25.8 Å². The van der Waals surface area contributed by atoms with Gasteiger partial charge in [0.2, 0.25) is 5.91 Å². The number of carbonyl (C=O) groups excluding carboxylic acids is 1. The molecule has 2 unspecified atom stereocenters. The topological polar surface area (TPSA) is 56.8 Å². The molecule has 1 aromatic carbocycles. The first kappa shape index (κ1) is 17.9. The molecule has 0 spiro atoms. The van der Waals surface area contributed by atoms with E-state index in [0.29, 0.717) is 12.5 Å². The van der Waals surface area contributed by atoms with Crippen LogP contribution in [-0.2, 0) is 16.0 Å². The number of benzene rings is 1. The standard InChI is InChI=1S/C19H27FN4O2/c20-15-5-3-14(4-6-15)12-16-2-1-7-24(16)19-21-17(13-18(25)22-19)23-8-10-26-11-9-23/h3-6,16-17,19,21H,1-2,7-13H2,(H,22,25)/t16-,17?,19?/m1/s1. The summed E-state index contributed by atoms with van der Waals surface area (Å²) in [4.78, 5) is 17.0. The Hall–Kier alpha value is -1.54. The minimum absolute atomic E-state index is 0.0599. The number of ether oxygens (including phenoxy) is 1. The highest BCUT2D eigenvalue weighted by Crippen LogP contribution is 2.24. The first-order valence-corrected chi connectivity index (χ1v) is 9.56. The summed E-state index contributed by atoms with van der Waals surface area (Å²) in [6.07, 6.45) is 3.47. The second-order valence-corrected chi connectivity index (χ2v) is 7.37. The molecule has 2 N–H and O–H groups in total. The molecule has 1 aromatic rings. The second-order valence-electron chi connectivity index (χ2n) is 7.37. The number of halogens is 1. The number of carbonyl (C=O) groups is 1. The van der Waals surface area contributed by atoms with E-state index < -0.39 is 0 Å². The van der Waals surface area contributed by atoms with Crippen LogP contribution in [0.2, 0.25) is 0 Å². The minimum Gasteiger partial charge on any atom is -0.379 e. The third-order valence-electron chi connectivity index (χ3n) is 5.65. The Balaban J connectivity index is 1.42. The molecular weight excluding hydrogens is 335 g/mol. The summed E-state index contributed by atoms with van der Waals surface area (Å²) in [5.41, 5.74) is 1.13. The molecule has 0 radical (unpaired) electrons. The van der Waals surface area contributed by atoms with Gasteiger partial charge in [0.25, 0.3) is 0 Å². The lowest BCUT2D eigenvalue weighted by Gasteiger charge is -2.44. The summed E-state index contributed by atoms with van der Waals surface area (Å²) in [7, 11) is 0. The number of nitrogens with one attached hydrogen (secondary N) is 2. The molecule has 0 aromatic heterocycles. The summed E-state index contributed by atoms with van der Waals surface area (Å²) in [6, 6.07) is 7.10. The molecule has 1 amide bonds. The summed E-state index contributed by atoms with van der Waals surface area (Å²) in [6.45, 7) is 4.12. The molecule has 3 aliphatic heterocycles. The lowest BCUT2D eigenvalue weighted by atomic mass is 10.0. The van der Waals surface area contributed by atoms with Crippen LogP contribution in [0, 0.1) is 5.82 Å². The molecule has 3 fully saturated rings. The molecule has 7 heteroatoms. The number of amides is 1. The van der Waals surface area contributed by atoms with E-state index in [0.717, 1.165) is 57.7 Å². The monoisotopic (exact) mass is 362 g/mol. The SMILES string of the molecule is O=C1CC(N2CCOCC2)NC(N2CCC[C@@H]2Cc2ccc(F)cc2)N1. The van der Waals surface area contributed by atoms with Crippen molar-refractivity contribution in [2.24, 2.45) is 0 Å². The molecule has 0 bridgehead atoms. The van der Waals surface area contributed by atoms with Crippen molar-refractivity contribution < 1.29 is 13.9 Å². The molecule has 3 saturated heterocycles. The van der Waals surface area contributed by atoms with E-state index in [-0.39, 0.29) is 24.2 Å². The number of rotatable bonds is 4. The quantitative estimate of drug-likeness (QED) is 0.833. The predicted octanol–water partition coefficient (Wildman–Crippen LogP) is 0.884. The summed E-state index contributed by atoms with van der Waals surface area (Å²) in [5, 5.41) is 6.73. The van der Waals surface area contributed by atoms with Crippen molar-refractivity contribution in [2.75, 3.05) is 32.8 Å². The summed E-state index contributed by atoms with van der Waals surface area (Å²) < 4.78 is 18.6. The van der Waals surface area contributed by atoms with Gasteiger partial charge in [-0.05, 0) is 37.0 Å². The zero-order valence-corrected chi connectivity index (χ0v) is 15.0. The third-order valence-corrected chi connectivity index (χ3v) is 5.65. The third kappa shape index (κ3) is 4.06. The first-order valence-electron chi connectivity index (χ1n) is 9.56. The van der Waals surface area contributed by atoms with Crippen molar-refractivity contribution in [3.8, 4) is 0 Å². The van der Waals surface area contributed by atoms with Crippen molar-refractivity contribution in [1.82, 2.24) is 20.4 Å². The van der Waals surface area contributed by atoms with Gasteiger partial charge in [-0.15, -0.1) is 0 Å². The van der Waals surface area contributed by atoms with Crippen LogP contribution in [0.5, 0.6) is 0 Å². The number of nitrogens with zero attached hydrogens (tertiary/aromatic N) is 2. The average Bonchev–Trinajstić information content (AvgIpc) is 3.12. The van der Waals surface area contributed by atoms with Crippen molar-refractivity contribution >= 4 is 5.91 Å². The maximum atomic E-state index is 13.1. The summed E-state index contributed by atoms with van der Waals surface area (Å²) in [5.74, 6) is -0.107. The van der Waals surface area contributed by atoms with E-state index in [1.165, 1.54) is 12.1 Å². The van der Waals surface area contributed by atoms with Crippen LogP contribution < -0.4 is 10.6 Å². The van der Waals surface area contributed by atoms with Crippen molar-refractivity contribution in [1.29, 1.82) is 0 Å². The fraction of sp³-hybridized carbons (Fsp3) is 0.632. The van der Waals surface area contributed by atoms with Crippen LogP contribution in [0.15, 0.2) is 24.3 Å². The minimum atomic E-state index is -0.202. The van der Waals surface area contributed by atoms with Crippen LogP contribution >= 0.6 is 0 Å². The first-order chi connectivity index (χ1) is 12.7. The van der Waals surface area contributed by atoms with E-state index >= 15 is 0 Å². The van der Waals surface area contributed by atoms with E-state index in [4.69, 9.17) is 4.74 Å². The van der Waals surface area contributed by atoms with Gasteiger partial charge in [-0.1, -0.05) is 12.1 Å². The average molecular weight is 362 g/mol. The Morgan fingerprint density at radius 3 is 2.69 bits per heavy atom. The Morgan fingerprint density at radius 1 is 1.15 bits per heavy atom. The smallest absolute Gasteiger partial charge is 0.225 e. The Bertz CT molecular complexity index is 620. The van der Waals surface area contributed by atoms with E-state index in [9.17, 15) is 9.18 Å². The second kappa shape index (κ2) is 8.00. The highest BCUT2D eigenvalue weighted by atomic mass is 19.1. The zero-order chi connectivity index (χ0) is 17.9. The van der Waals surface area contributed by atoms with E-state index in [1.807, 2.05) is 12.1 Å². The largest absolute Gasteiger partial charge is 0.379 e. The molecule has 26 heavy (non-hydrogen) atoms. The van der Waals surface area contributed by atoms with Crippen molar-refractivity contribution in [3.63, 3.8) is 0 Å². The van der Waals surface area contributed by atoms with Gasteiger partial charge in [0.1, 0.15) is 12.1 Å². The van der Waals surface area contributed by atoms with Gasteiger partial charge < -0.3 is 10.1 Å². The molecule has 6 nitrogen and oxygen atoms in total. The van der Waals surface area contributed by atoms with Crippen LogP contribution in [0.25, 0.3) is 0 Å². The van der Waals surface area contributed by atoms with Crippen LogP contribution in [0.1, 0.15) is 24.8 Å². The Labute approximate surface area is 153 Å². The zero-order valence-electron chi connectivity index (χ0n) is 15.0. The Kier molecular flexibility index (Phi) is 5.49. The maximum Gasteiger partial charge on any atom is 0.225 e. The van der Waals surface area contributed by atoms with E-state index in [2.05, 4.69) is 20.4 Å². The summed E-state index contributed by atoms with van der Waals surface area (Å²) >= 11 is 0. The van der Waals surface area contributed by atoms with Gasteiger partial charge in [0.15, 0.2) is 0 Å². The normalized spacial score (nSPS) is 31.1. The lowest BCUT2D eigenvalue weighted by Crippen LogP contribution is -2.68. The van der Waals surface area contributed by atoms with Crippen molar-refractivity contribution in [2.45, 2.75) is 44.2 Å². The number of likely N-dealkylation sites (tertiary alicyclic amines) is 1. The predicted molar refractivity (Wildman–Crippen MR) is 95.7 cm³/mol. The maximum absolute atomic E-state index is 13.1. The molecule has 3 atom stereocenters. The van der Waals surface area contributed by atoms with Gasteiger partial charge in [-0.3, -0.25) is 19.9 Å². The van der Waals surface area contributed by atoms with Gasteiger partial charge >= 0.3 is 0 Å². The van der Waals surface area contributed by atoms with Gasteiger partial charge in [-0.2, -0.15) is 0 Å². The molecule has 0 aliphatic carbocycles. The lowest BCUT2D eigenvalue weighted by molar-refractivity contribution is -0.131.